The minimum absolute atomic E-state index is 0.267. The van der Waals surface area contributed by atoms with Gasteiger partial charge in [-0.2, -0.15) is 0 Å². The molecular weight excluding hydrogens is 1250 g/mol. The molecule has 4 aliphatic rings. The van der Waals surface area contributed by atoms with Crippen molar-refractivity contribution in [1.82, 2.24) is 24.2 Å². The summed E-state index contributed by atoms with van der Waals surface area (Å²) in [6.07, 6.45) is 6.75. The smallest absolute Gasteiger partial charge is 0.261 e. The number of benzene rings is 12. The van der Waals surface area contributed by atoms with Gasteiger partial charge in [0.2, 0.25) is 0 Å². The molecule has 0 aliphatic carbocycles. The Labute approximate surface area is 583 Å². The minimum atomic E-state index is -0.371. The predicted octanol–water partition coefficient (Wildman–Crippen LogP) is 18.6. The molecule has 17 rings (SSSR count). The number of amides is 8. The van der Waals surface area contributed by atoms with Crippen LogP contribution in [0.5, 0.6) is 0 Å². The molecule has 498 valence electrons. The fourth-order valence-corrected chi connectivity index (χ4v) is 18.0. The molecular formula is C88H73N5O8. The van der Waals surface area contributed by atoms with E-state index in [0.29, 0.717) is 140 Å². The van der Waals surface area contributed by atoms with Gasteiger partial charge >= 0.3 is 0 Å². The van der Waals surface area contributed by atoms with E-state index in [-0.39, 0.29) is 71.4 Å². The molecule has 0 spiro atoms. The second-order valence-corrected chi connectivity index (χ2v) is 27.9. The second kappa shape index (κ2) is 23.4. The summed E-state index contributed by atoms with van der Waals surface area (Å²) in [5.41, 5.74) is 8.06. The van der Waals surface area contributed by atoms with Crippen LogP contribution >= 0.6 is 0 Å². The Balaban J connectivity index is 0.863. The van der Waals surface area contributed by atoms with E-state index in [0.717, 1.165) is 106 Å². The van der Waals surface area contributed by atoms with Crippen LogP contribution in [0.4, 0.5) is 0 Å². The minimum Gasteiger partial charge on any atom is -0.340 e. The van der Waals surface area contributed by atoms with Gasteiger partial charge in [-0.15, -0.1) is 0 Å². The highest BCUT2D eigenvalue weighted by Gasteiger charge is 2.43. The molecule has 0 atom stereocenters. The normalized spacial score (nSPS) is 14.7. The monoisotopic (exact) mass is 1330 g/mol. The molecule has 0 saturated heterocycles. The number of carbonyl (C=O) groups is 8. The van der Waals surface area contributed by atoms with Gasteiger partial charge in [-0.1, -0.05) is 129 Å². The lowest BCUT2D eigenvalue weighted by molar-refractivity contribution is 0.0514. The van der Waals surface area contributed by atoms with Gasteiger partial charge in [0.05, 0.1) is 0 Å². The van der Waals surface area contributed by atoms with Crippen LogP contribution in [0.2, 0.25) is 0 Å². The molecule has 4 aliphatic heterocycles. The van der Waals surface area contributed by atoms with E-state index in [2.05, 4.69) is 59.4 Å². The van der Waals surface area contributed by atoms with Crippen LogP contribution in [0.15, 0.2) is 121 Å². The number of nitrogens with zero attached hydrogens (tertiary/aromatic N) is 5. The number of hydrogen-bond donors (Lipinski definition) is 0. The maximum Gasteiger partial charge on any atom is 0.261 e. The van der Waals surface area contributed by atoms with E-state index in [1.165, 1.54) is 19.6 Å². The maximum absolute atomic E-state index is 15.1. The van der Waals surface area contributed by atoms with Crippen LogP contribution in [0.1, 0.15) is 232 Å². The molecule has 101 heavy (non-hydrogen) atoms. The van der Waals surface area contributed by atoms with E-state index in [1.54, 1.807) is 0 Å². The van der Waals surface area contributed by atoms with E-state index >= 15 is 9.59 Å². The Kier molecular flexibility index (Phi) is 14.7. The molecule has 1 aromatic heterocycles. The highest BCUT2D eigenvalue weighted by atomic mass is 16.2. The standard InChI is InChI=1S/C88H73N5O8/c1-10-19-40-89-69-38-22-45(20-24-47-43-67-77-63(85(98)92(87(67)100)51(15-6)16-7)34-28-55-53-26-32-59-75-61(36-30-57(73(53)75)71(47)79(55)77)83(96)90(81(59)94)49(11-2)12-3)41-65(69)66-42-46(23-39-70(66)89)21-25-48-44-68-78-64(86(99)93(88(68)101)52(17-8)18-9)35-29-56-54-27-33-60-76-62(37-31-58(74(54)76)72(48)80(56)78)84(97)91(82(60)95)50(13-4)14-5/h22-23,26-39,41-44,49-52H,10-19,40H2,1-9H3. The van der Waals surface area contributed by atoms with Crippen molar-refractivity contribution >= 4 is 155 Å². The van der Waals surface area contributed by atoms with Crippen molar-refractivity contribution in [3.8, 4) is 23.7 Å². The van der Waals surface area contributed by atoms with Gasteiger partial charge in [-0.05, 0) is 186 Å². The van der Waals surface area contributed by atoms with Gasteiger partial charge in [0, 0.05) is 162 Å². The molecule has 0 saturated carbocycles. The maximum atomic E-state index is 15.1. The number of unbranched alkanes of at least 4 members (excludes halogenated alkanes) is 1. The largest absolute Gasteiger partial charge is 0.340 e. The summed E-state index contributed by atoms with van der Waals surface area (Å²) < 4.78 is 2.35. The van der Waals surface area contributed by atoms with Gasteiger partial charge < -0.3 is 4.57 Å². The van der Waals surface area contributed by atoms with Crippen LogP contribution in [-0.4, -0.2) is 95.6 Å². The molecule has 5 heterocycles. The quantitative estimate of drug-likeness (QED) is 0.0425. The fourth-order valence-electron chi connectivity index (χ4n) is 18.0. The number of imide groups is 4. The molecule has 0 fully saturated rings. The van der Waals surface area contributed by atoms with Crippen LogP contribution in [0, 0.1) is 23.7 Å². The zero-order valence-corrected chi connectivity index (χ0v) is 58.1. The number of aromatic nitrogens is 1. The summed E-state index contributed by atoms with van der Waals surface area (Å²) in [5.74, 6) is 11.6. The average Bonchev–Trinajstić information content (AvgIpc) is 0.956. The summed E-state index contributed by atoms with van der Waals surface area (Å²) in [5, 5.41) is 13.3. The Bertz CT molecular complexity index is 5720. The summed E-state index contributed by atoms with van der Waals surface area (Å²) in [6.45, 7) is 18.9. The van der Waals surface area contributed by atoms with Crippen LogP contribution in [-0.2, 0) is 6.54 Å². The van der Waals surface area contributed by atoms with Crippen LogP contribution < -0.4 is 0 Å². The van der Waals surface area contributed by atoms with Gasteiger partial charge in [0.1, 0.15) is 0 Å². The van der Waals surface area contributed by atoms with E-state index in [9.17, 15) is 28.8 Å². The number of hydrogen-bond acceptors (Lipinski definition) is 8. The van der Waals surface area contributed by atoms with Crippen molar-refractivity contribution in [2.24, 2.45) is 0 Å². The van der Waals surface area contributed by atoms with Crippen molar-refractivity contribution in [2.45, 2.75) is 157 Å². The van der Waals surface area contributed by atoms with Gasteiger partial charge in [0.25, 0.3) is 47.3 Å². The van der Waals surface area contributed by atoms with Gasteiger partial charge in [-0.3, -0.25) is 58.0 Å². The fraction of sp³-hybridized carbons (Fsp3) is 0.273. The highest BCUT2D eigenvalue weighted by Crippen LogP contribution is 2.51. The Morgan fingerprint density at radius 3 is 0.842 bits per heavy atom. The second-order valence-electron chi connectivity index (χ2n) is 27.9. The number of aryl methyl sites for hydroxylation is 1. The summed E-state index contributed by atoms with van der Waals surface area (Å²) in [6, 6.07) is 37.7. The number of fused-ring (bicyclic) bond motifs is 7. The Morgan fingerprint density at radius 1 is 0.267 bits per heavy atom. The SMILES string of the molecule is CCCCn1c2ccc(C#Cc3cc4c5c(ccc6c7ccc8c9c(ccc(c3c56)c97)C(=O)N(C(CC)CC)C8=O)C(=O)N(C(CC)CC)C4=O)cc2c2cc(C#Cc3cc4c5c(ccc6c7ccc8c9c(ccc(c3c56)c97)C(=O)N(C(CC)CC)C8=O)C(=O)N(C(CC)CC)C4=O)ccc21. The summed E-state index contributed by atoms with van der Waals surface area (Å²) in [4.78, 5) is 124. The molecule has 0 radical (unpaired) electrons. The summed E-state index contributed by atoms with van der Waals surface area (Å²) >= 11 is 0. The Hall–Kier alpha value is -11.3. The zero-order chi connectivity index (χ0) is 70.0. The van der Waals surface area contributed by atoms with Crippen LogP contribution in [0.25, 0.3) is 108 Å². The zero-order valence-electron chi connectivity index (χ0n) is 58.1. The van der Waals surface area contributed by atoms with Crippen molar-refractivity contribution in [3.63, 3.8) is 0 Å². The number of carbonyl (C=O) groups excluding carboxylic acids is 8. The first kappa shape index (κ1) is 63.2. The van der Waals surface area contributed by atoms with Gasteiger partial charge in [-0.25, -0.2) is 0 Å². The van der Waals surface area contributed by atoms with Crippen molar-refractivity contribution in [3.05, 3.63) is 188 Å². The molecule has 13 nitrogen and oxygen atoms in total. The highest BCUT2D eigenvalue weighted by molar-refractivity contribution is 6.44. The first-order valence-corrected chi connectivity index (χ1v) is 36.2. The third-order valence-corrected chi connectivity index (χ3v) is 23.1. The summed E-state index contributed by atoms with van der Waals surface area (Å²) in [7, 11) is 0. The molecule has 0 unspecified atom stereocenters. The first-order valence-electron chi connectivity index (χ1n) is 36.2. The third-order valence-electron chi connectivity index (χ3n) is 23.1. The van der Waals surface area contributed by atoms with E-state index < -0.39 is 0 Å². The van der Waals surface area contributed by atoms with Crippen molar-refractivity contribution < 1.29 is 38.4 Å². The molecule has 8 amide bonds. The topological polar surface area (TPSA) is 154 Å². The molecule has 12 aromatic carbocycles. The van der Waals surface area contributed by atoms with E-state index in [1.807, 2.05) is 152 Å². The molecule has 13 aromatic rings. The lowest BCUT2D eigenvalue weighted by Crippen LogP contribution is -2.46. The van der Waals surface area contributed by atoms with Crippen LogP contribution in [0.3, 0.4) is 0 Å². The van der Waals surface area contributed by atoms with Crippen molar-refractivity contribution in [1.29, 1.82) is 0 Å². The lowest BCUT2D eigenvalue weighted by Gasteiger charge is -2.34. The average molecular weight is 1330 g/mol. The molecule has 13 heteroatoms. The predicted molar refractivity (Wildman–Crippen MR) is 401 cm³/mol. The molecule has 0 N–H and O–H groups in total. The Morgan fingerprint density at radius 2 is 0.545 bits per heavy atom. The number of rotatable bonds is 15. The third kappa shape index (κ3) is 8.59. The van der Waals surface area contributed by atoms with E-state index in [4.69, 9.17) is 0 Å². The van der Waals surface area contributed by atoms with Crippen molar-refractivity contribution in [2.75, 3.05) is 0 Å². The molecule has 0 bridgehead atoms. The van der Waals surface area contributed by atoms with Gasteiger partial charge in [0.15, 0.2) is 0 Å². The first-order chi connectivity index (χ1) is 49.1. The lowest BCUT2D eigenvalue weighted by atomic mass is 9.80.